The predicted octanol–water partition coefficient (Wildman–Crippen LogP) is 4.49. The molecule has 3 aromatic rings. The number of carbonyl (C=O) groups excluding carboxylic acids is 2. The lowest BCUT2D eigenvalue weighted by Crippen LogP contribution is -2.42. The number of benzene rings is 2. The van der Waals surface area contributed by atoms with Crippen LogP contribution in [0.3, 0.4) is 0 Å². The van der Waals surface area contributed by atoms with Gasteiger partial charge < -0.3 is 0 Å². The summed E-state index contributed by atoms with van der Waals surface area (Å²) in [6, 6.07) is 14.2. The number of hydrazine groups is 1. The van der Waals surface area contributed by atoms with Gasteiger partial charge in [0.25, 0.3) is 11.8 Å². The van der Waals surface area contributed by atoms with E-state index >= 15 is 0 Å². The van der Waals surface area contributed by atoms with Gasteiger partial charge in [-0.1, -0.05) is 43.6 Å². The van der Waals surface area contributed by atoms with E-state index in [0.717, 1.165) is 11.4 Å². The summed E-state index contributed by atoms with van der Waals surface area (Å²) in [6.07, 6.45) is 1.48. The van der Waals surface area contributed by atoms with Gasteiger partial charge in [-0.2, -0.15) is 5.10 Å². The highest BCUT2D eigenvalue weighted by Gasteiger charge is 2.21. The molecule has 0 aliphatic rings. The fraction of sp³-hybridized carbons (Fsp3) is 0.150. The minimum absolute atomic E-state index is 0.0150. The van der Waals surface area contributed by atoms with Gasteiger partial charge in [0.05, 0.1) is 28.7 Å². The van der Waals surface area contributed by atoms with Crippen LogP contribution in [-0.2, 0) is 0 Å². The molecule has 2 N–H and O–H groups in total. The second-order valence-corrected chi connectivity index (χ2v) is 7.67. The summed E-state index contributed by atoms with van der Waals surface area (Å²) < 4.78 is 2.32. The number of hydrogen-bond acceptors (Lipinski definition) is 3. The molecule has 2 amide bonds. The van der Waals surface area contributed by atoms with E-state index in [9.17, 15) is 9.59 Å². The van der Waals surface area contributed by atoms with Gasteiger partial charge in [0.15, 0.2) is 0 Å². The molecule has 0 atom stereocenters. The summed E-state index contributed by atoms with van der Waals surface area (Å²) in [7, 11) is 0. The van der Waals surface area contributed by atoms with Gasteiger partial charge in [0, 0.05) is 9.50 Å². The maximum atomic E-state index is 12.7. The van der Waals surface area contributed by atoms with Gasteiger partial charge >= 0.3 is 0 Å². The van der Waals surface area contributed by atoms with Crippen LogP contribution in [0.15, 0.2) is 59.2 Å². The molecule has 2 aromatic carbocycles. The van der Waals surface area contributed by atoms with Crippen molar-refractivity contribution < 1.29 is 9.59 Å². The SMILES string of the molecule is CC(C)c1c(C(=O)NNC(=O)c2ccccc2Br)cnn1-c1cccc(Cl)c1. The molecule has 0 fully saturated rings. The third-order valence-corrected chi connectivity index (χ3v) is 4.99. The van der Waals surface area contributed by atoms with Crippen molar-refractivity contribution in [2.24, 2.45) is 0 Å². The summed E-state index contributed by atoms with van der Waals surface area (Å²) in [5.74, 6) is -0.854. The highest BCUT2D eigenvalue weighted by Crippen LogP contribution is 2.24. The summed E-state index contributed by atoms with van der Waals surface area (Å²) in [5.41, 5.74) is 7.16. The molecule has 1 heterocycles. The van der Waals surface area contributed by atoms with Crippen molar-refractivity contribution in [3.05, 3.63) is 81.0 Å². The van der Waals surface area contributed by atoms with Crippen molar-refractivity contribution in [2.75, 3.05) is 0 Å². The average Bonchev–Trinajstić information content (AvgIpc) is 3.12. The zero-order valence-electron chi connectivity index (χ0n) is 15.2. The van der Waals surface area contributed by atoms with E-state index in [2.05, 4.69) is 31.9 Å². The minimum Gasteiger partial charge on any atom is -0.267 e. The lowest BCUT2D eigenvalue weighted by Gasteiger charge is -2.13. The molecule has 0 saturated heterocycles. The zero-order chi connectivity index (χ0) is 20.3. The molecule has 0 spiro atoms. The Labute approximate surface area is 176 Å². The van der Waals surface area contributed by atoms with Gasteiger partial charge in [-0.25, -0.2) is 4.68 Å². The maximum absolute atomic E-state index is 12.7. The quantitative estimate of drug-likeness (QED) is 0.562. The third kappa shape index (κ3) is 4.26. The molecule has 0 saturated carbocycles. The fourth-order valence-electron chi connectivity index (χ4n) is 2.80. The second kappa shape index (κ2) is 8.58. The van der Waals surface area contributed by atoms with E-state index in [-0.39, 0.29) is 5.92 Å². The molecule has 6 nitrogen and oxygen atoms in total. The van der Waals surface area contributed by atoms with Crippen LogP contribution in [0, 0.1) is 0 Å². The monoisotopic (exact) mass is 460 g/mol. The molecule has 144 valence electrons. The number of nitrogens with one attached hydrogen (secondary N) is 2. The van der Waals surface area contributed by atoms with Gasteiger partial charge in [0.1, 0.15) is 0 Å². The van der Waals surface area contributed by atoms with E-state index in [1.54, 1.807) is 41.1 Å². The number of carbonyl (C=O) groups is 2. The van der Waals surface area contributed by atoms with E-state index in [4.69, 9.17) is 11.6 Å². The number of halogens is 2. The van der Waals surface area contributed by atoms with Crippen LogP contribution in [0.5, 0.6) is 0 Å². The molecule has 0 aliphatic carbocycles. The van der Waals surface area contributed by atoms with Crippen molar-refractivity contribution >= 4 is 39.3 Å². The second-order valence-electron chi connectivity index (χ2n) is 6.38. The van der Waals surface area contributed by atoms with E-state index in [1.807, 2.05) is 26.0 Å². The Hall–Kier alpha value is -2.64. The molecular weight excluding hydrogens is 444 g/mol. The Morgan fingerprint density at radius 1 is 1.04 bits per heavy atom. The number of amides is 2. The predicted molar refractivity (Wildman–Crippen MR) is 112 cm³/mol. The van der Waals surface area contributed by atoms with Crippen molar-refractivity contribution in [3.8, 4) is 5.69 Å². The first-order valence-electron chi connectivity index (χ1n) is 8.57. The summed E-state index contributed by atoms with van der Waals surface area (Å²) in [4.78, 5) is 25.0. The van der Waals surface area contributed by atoms with Crippen molar-refractivity contribution in [3.63, 3.8) is 0 Å². The van der Waals surface area contributed by atoms with E-state index in [0.29, 0.717) is 20.6 Å². The van der Waals surface area contributed by atoms with E-state index < -0.39 is 11.8 Å². The Kier molecular flexibility index (Phi) is 6.16. The summed E-state index contributed by atoms with van der Waals surface area (Å²) in [6.45, 7) is 3.93. The lowest BCUT2D eigenvalue weighted by molar-refractivity contribution is 0.0845. The lowest BCUT2D eigenvalue weighted by atomic mass is 10.1. The molecule has 8 heteroatoms. The van der Waals surface area contributed by atoms with Crippen LogP contribution >= 0.6 is 27.5 Å². The van der Waals surface area contributed by atoms with Crippen LogP contribution in [0.2, 0.25) is 5.02 Å². The average molecular weight is 462 g/mol. The van der Waals surface area contributed by atoms with Crippen molar-refractivity contribution in [1.29, 1.82) is 0 Å². The minimum atomic E-state index is -0.447. The van der Waals surface area contributed by atoms with Gasteiger partial charge in [-0.3, -0.25) is 20.4 Å². The summed E-state index contributed by atoms with van der Waals surface area (Å²) >= 11 is 9.40. The number of hydrogen-bond donors (Lipinski definition) is 2. The molecule has 28 heavy (non-hydrogen) atoms. The van der Waals surface area contributed by atoms with Gasteiger partial charge in [-0.05, 0) is 52.2 Å². The van der Waals surface area contributed by atoms with Crippen LogP contribution in [0.25, 0.3) is 5.69 Å². The first kappa shape index (κ1) is 20.1. The molecular formula is C20H18BrClN4O2. The number of aromatic nitrogens is 2. The molecule has 0 bridgehead atoms. The Morgan fingerprint density at radius 3 is 2.36 bits per heavy atom. The van der Waals surface area contributed by atoms with Crippen LogP contribution in [0.1, 0.15) is 46.2 Å². The molecule has 1 aromatic heterocycles. The first-order chi connectivity index (χ1) is 13.4. The number of nitrogens with zero attached hydrogens (tertiary/aromatic N) is 2. The van der Waals surface area contributed by atoms with Crippen LogP contribution < -0.4 is 10.9 Å². The molecule has 0 aliphatic heterocycles. The van der Waals surface area contributed by atoms with Gasteiger partial charge in [0.2, 0.25) is 0 Å². The van der Waals surface area contributed by atoms with Gasteiger partial charge in [-0.15, -0.1) is 0 Å². The van der Waals surface area contributed by atoms with Crippen molar-refractivity contribution in [2.45, 2.75) is 19.8 Å². The molecule has 0 radical (unpaired) electrons. The molecule has 0 unspecified atom stereocenters. The Balaban J connectivity index is 1.82. The maximum Gasteiger partial charge on any atom is 0.273 e. The molecule has 3 rings (SSSR count). The first-order valence-corrected chi connectivity index (χ1v) is 9.74. The zero-order valence-corrected chi connectivity index (χ0v) is 17.6. The van der Waals surface area contributed by atoms with E-state index in [1.165, 1.54) is 6.20 Å². The van der Waals surface area contributed by atoms with Crippen LogP contribution in [-0.4, -0.2) is 21.6 Å². The third-order valence-electron chi connectivity index (χ3n) is 4.06. The fourth-order valence-corrected chi connectivity index (χ4v) is 3.44. The Morgan fingerprint density at radius 2 is 1.71 bits per heavy atom. The standard InChI is InChI=1S/C20H18BrClN4O2/c1-12(2)18-16(11-23-26(18)14-7-5-6-13(22)10-14)20(28)25-24-19(27)15-8-3-4-9-17(15)21/h3-12H,1-2H3,(H,24,27)(H,25,28). The normalized spacial score (nSPS) is 10.8. The number of rotatable bonds is 4. The summed E-state index contributed by atoms with van der Waals surface area (Å²) in [5, 5.41) is 4.92. The highest BCUT2D eigenvalue weighted by molar-refractivity contribution is 9.10. The highest BCUT2D eigenvalue weighted by atomic mass is 79.9. The Bertz CT molecular complexity index is 1030. The van der Waals surface area contributed by atoms with Crippen LogP contribution in [0.4, 0.5) is 0 Å². The smallest absolute Gasteiger partial charge is 0.267 e. The topological polar surface area (TPSA) is 76.0 Å². The largest absolute Gasteiger partial charge is 0.273 e. The van der Waals surface area contributed by atoms with Crippen molar-refractivity contribution in [1.82, 2.24) is 20.6 Å².